The number of carbonyl (C=O) groups is 1. The predicted molar refractivity (Wildman–Crippen MR) is 107 cm³/mol. The number of amides is 1. The van der Waals surface area contributed by atoms with Crippen molar-refractivity contribution < 1.29 is 9.18 Å². The molecule has 0 aliphatic rings. The molecule has 0 radical (unpaired) electrons. The maximum absolute atomic E-state index is 13.3. The van der Waals surface area contributed by atoms with Crippen LogP contribution in [0.2, 0.25) is 0 Å². The number of hydrogen-bond donors (Lipinski definition) is 1. The lowest BCUT2D eigenvalue weighted by Gasteiger charge is -2.13. The predicted octanol–water partition coefficient (Wildman–Crippen LogP) is 3.97. The van der Waals surface area contributed by atoms with E-state index in [4.69, 9.17) is 0 Å². The van der Waals surface area contributed by atoms with Crippen LogP contribution in [0.25, 0.3) is 11.5 Å². The van der Waals surface area contributed by atoms with E-state index in [0.29, 0.717) is 22.8 Å². The van der Waals surface area contributed by atoms with Gasteiger partial charge in [-0.05, 0) is 42.3 Å². The number of carbonyl (C=O) groups excluding carboxylic acids is 1. The highest BCUT2D eigenvalue weighted by molar-refractivity contribution is 6.05. The molecule has 7 nitrogen and oxygen atoms in total. The Morgan fingerprint density at radius 3 is 2.52 bits per heavy atom. The summed E-state index contributed by atoms with van der Waals surface area (Å²) in [6.45, 7) is 3.96. The molecular formula is C21H19FN6O. The van der Waals surface area contributed by atoms with E-state index < -0.39 is 0 Å². The highest BCUT2D eigenvalue weighted by Gasteiger charge is 2.21. The molecule has 0 spiro atoms. The highest BCUT2D eigenvalue weighted by atomic mass is 19.1. The lowest BCUT2D eigenvalue weighted by atomic mass is 10.0. The Bertz CT molecular complexity index is 1120. The van der Waals surface area contributed by atoms with Crippen molar-refractivity contribution in [2.24, 2.45) is 0 Å². The molecule has 1 amide bonds. The van der Waals surface area contributed by atoms with Gasteiger partial charge in [-0.3, -0.25) is 9.36 Å². The first-order valence-corrected chi connectivity index (χ1v) is 9.12. The SMILES string of the molecule is CC(C)c1c(C(=O)Nc2ccc(-n3ccnc3)nc2)cnn1-c1ccc(F)cc1. The van der Waals surface area contributed by atoms with Crippen LogP contribution in [0.1, 0.15) is 35.8 Å². The van der Waals surface area contributed by atoms with Gasteiger partial charge in [-0.15, -0.1) is 0 Å². The maximum atomic E-state index is 13.3. The van der Waals surface area contributed by atoms with Gasteiger partial charge in [0.2, 0.25) is 0 Å². The zero-order chi connectivity index (χ0) is 20.4. The third kappa shape index (κ3) is 3.77. The first-order valence-electron chi connectivity index (χ1n) is 9.12. The van der Waals surface area contributed by atoms with Gasteiger partial charge in [-0.1, -0.05) is 13.8 Å². The number of imidazole rings is 1. The fourth-order valence-corrected chi connectivity index (χ4v) is 3.08. The lowest BCUT2D eigenvalue weighted by molar-refractivity contribution is 0.102. The Labute approximate surface area is 166 Å². The molecule has 4 aromatic rings. The molecule has 146 valence electrons. The molecule has 0 aliphatic carbocycles. The van der Waals surface area contributed by atoms with E-state index in [2.05, 4.69) is 20.4 Å². The Kier molecular flexibility index (Phi) is 4.90. The number of rotatable bonds is 5. The van der Waals surface area contributed by atoms with Crippen LogP contribution in [-0.2, 0) is 0 Å². The first-order chi connectivity index (χ1) is 14.0. The third-order valence-corrected chi connectivity index (χ3v) is 4.44. The van der Waals surface area contributed by atoms with Crippen LogP contribution in [0.5, 0.6) is 0 Å². The minimum atomic E-state index is -0.323. The smallest absolute Gasteiger partial charge is 0.259 e. The third-order valence-electron chi connectivity index (χ3n) is 4.44. The monoisotopic (exact) mass is 390 g/mol. The summed E-state index contributed by atoms with van der Waals surface area (Å²) < 4.78 is 16.7. The van der Waals surface area contributed by atoms with Gasteiger partial charge in [0.1, 0.15) is 18.0 Å². The van der Waals surface area contributed by atoms with Gasteiger partial charge < -0.3 is 5.32 Å². The Morgan fingerprint density at radius 1 is 1.10 bits per heavy atom. The number of halogens is 1. The van der Waals surface area contributed by atoms with Gasteiger partial charge >= 0.3 is 0 Å². The average Bonchev–Trinajstić information content (AvgIpc) is 3.39. The number of nitrogens with one attached hydrogen (secondary N) is 1. The molecule has 3 aromatic heterocycles. The summed E-state index contributed by atoms with van der Waals surface area (Å²) in [4.78, 5) is 21.2. The number of nitrogens with zero attached hydrogens (tertiary/aromatic N) is 5. The molecule has 0 saturated carbocycles. The second kappa shape index (κ2) is 7.67. The molecule has 0 unspecified atom stereocenters. The molecule has 1 N–H and O–H groups in total. The largest absolute Gasteiger partial charge is 0.320 e. The minimum Gasteiger partial charge on any atom is -0.320 e. The topological polar surface area (TPSA) is 77.6 Å². The van der Waals surface area contributed by atoms with Crippen molar-refractivity contribution >= 4 is 11.6 Å². The fraction of sp³-hybridized carbons (Fsp3) is 0.143. The molecule has 29 heavy (non-hydrogen) atoms. The standard InChI is InChI=1S/C21H19FN6O/c1-14(2)20-18(12-25-28(20)17-6-3-15(22)4-7-17)21(29)26-16-5-8-19(24-11-16)27-10-9-23-13-27/h3-14H,1-2H3,(H,26,29). The van der Waals surface area contributed by atoms with Gasteiger partial charge in [0.05, 0.1) is 35.0 Å². The molecule has 4 rings (SSSR count). The second-order valence-corrected chi connectivity index (χ2v) is 6.82. The van der Waals surface area contributed by atoms with E-state index in [-0.39, 0.29) is 17.6 Å². The zero-order valence-corrected chi connectivity index (χ0v) is 16.0. The summed E-state index contributed by atoms with van der Waals surface area (Å²) in [6, 6.07) is 9.58. The average molecular weight is 390 g/mol. The number of aromatic nitrogens is 5. The summed E-state index contributed by atoms with van der Waals surface area (Å²) in [5.74, 6) is 0.133. The minimum absolute atomic E-state index is 0.0324. The molecule has 0 saturated heterocycles. The van der Waals surface area contributed by atoms with Crippen LogP contribution in [0.15, 0.2) is 67.5 Å². The number of anilines is 1. The summed E-state index contributed by atoms with van der Waals surface area (Å²) in [5.41, 5.74) is 2.48. The van der Waals surface area contributed by atoms with E-state index in [0.717, 1.165) is 5.69 Å². The summed E-state index contributed by atoms with van der Waals surface area (Å²) in [7, 11) is 0. The van der Waals surface area contributed by atoms with Gasteiger partial charge in [-0.2, -0.15) is 5.10 Å². The summed E-state index contributed by atoms with van der Waals surface area (Å²) in [5, 5.41) is 7.22. The van der Waals surface area contributed by atoms with Crippen LogP contribution < -0.4 is 5.32 Å². The summed E-state index contributed by atoms with van der Waals surface area (Å²) >= 11 is 0. The van der Waals surface area contributed by atoms with Crippen LogP contribution in [0.3, 0.4) is 0 Å². The van der Waals surface area contributed by atoms with Crippen LogP contribution in [0, 0.1) is 5.82 Å². The molecule has 0 aliphatic heterocycles. The quantitative estimate of drug-likeness (QED) is 0.559. The Balaban J connectivity index is 1.59. The van der Waals surface area contributed by atoms with Crippen molar-refractivity contribution in [2.75, 3.05) is 5.32 Å². The van der Waals surface area contributed by atoms with Crippen LogP contribution >= 0.6 is 0 Å². The molecule has 0 fully saturated rings. The Hall–Kier alpha value is -3.81. The van der Waals surface area contributed by atoms with E-state index in [1.807, 2.05) is 13.8 Å². The highest BCUT2D eigenvalue weighted by Crippen LogP contribution is 2.24. The van der Waals surface area contributed by atoms with Gasteiger partial charge in [-0.25, -0.2) is 19.0 Å². The molecule has 0 bridgehead atoms. The normalized spacial score (nSPS) is 11.0. The van der Waals surface area contributed by atoms with Crippen molar-refractivity contribution in [3.63, 3.8) is 0 Å². The Morgan fingerprint density at radius 2 is 1.90 bits per heavy atom. The van der Waals surface area contributed by atoms with Gasteiger partial charge in [0.15, 0.2) is 0 Å². The molecule has 8 heteroatoms. The van der Waals surface area contributed by atoms with Crippen molar-refractivity contribution in [3.8, 4) is 11.5 Å². The zero-order valence-electron chi connectivity index (χ0n) is 16.0. The van der Waals surface area contributed by atoms with E-state index in [1.165, 1.54) is 18.3 Å². The lowest BCUT2D eigenvalue weighted by Crippen LogP contribution is -2.15. The van der Waals surface area contributed by atoms with E-state index in [9.17, 15) is 9.18 Å². The van der Waals surface area contributed by atoms with Crippen molar-refractivity contribution in [2.45, 2.75) is 19.8 Å². The second-order valence-electron chi connectivity index (χ2n) is 6.82. The number of pyridine rings is 1. The van der Waals surface area contributed by atoms with Gasteiger partial charge in [0.25, 0.3) is 5.91 Å². The van der Waals surface area contributed by atoms with Crippen molar-refractivity contribution in [1.82, 2.24) is 24.3 Å². The molecule has 3 heterocycles. The first kappa shape index (κ1) is 18.5. The number of benzene rings is 1. The van der Waals surface area contributed by atoms with E-state index >= 15 is 0 Å². The number of hydrogen-bond acceptors (Lipinski definition) is 4. The molecule has 1 aromatic carbocycles. The fourth-order valence-electron chi connectivity index (χ4n) is 3.08. The molecular weight excluding hydrogens is 371 g/mol. The maximum Gasteiger partial charge on any atom is 0.259 e. The van der Waals surface area contributed by atoms with Crippen molar-refractivity contribution in [3.05, 3.63) is 84.6 Å². The van der Waals surface area contributed by atoms with Crippen LogP contribution in [-0.4, -0.2) is 30.2 Å². The molecule has 0 atom stereocenters. The van der Waals surface area contributed by atoms with Crippen molar-refractivity contribution in [1.29, 1.82) is 0 Å². The van der Waals surface area contributed by atoms with Gasteiger partial charge in [0, 0.05) is 12.4 Å². The van der Waals surface area contributed by atoms with Crippen LogP contribution in [0.4, 0.5) is 10.1 Å². The summed E-state index contributed by atoms with van der Waals surface area (Å²) in [6.07, 6.45) is 8.23. The van der Waals surface area contributed by atoms with E-state index in [1.54, 1.807) is 58.4 Å².